The van der Waals surface area contributed by atoms with Crippen LogP contribution in [0.25, 0.3) is 5.82 Å². The molecule has 2 aromatic heterocycles. The van der Waals surface area contributed by atoms with E-state index in [-0.39, 0.29) is 4.90 Å². The van der Waals surface area contributed by atoms with E-state index in [9.17, 15) is 8.42 Å². The van der Waals surface area contributed by atoms with Crippen LogP contribution in [0.2, 0.25) is 0 Å². The molecule has 0 N–H and O–H groups in total. The van der Waals surface area contributed by atoms with Gasteiger partial charge in [-0.05, 0) is 37.3 Å². The summed E-state index contributed by atoms with van der Waals surface area (Å²) in [6.45, 7) is 4.65. The number of amidine groups is 1. The van der Waals surface area contributed by atoms with Crippen LogP contribution in [0, 0.1) is 6.92 Å². The lowest BCUT2D eigenvalue weighted by Gasteiger charge is -2.36. The molecule has 0 radical (unpaired) electrons. The van der Waals surface area contributed by atoms with Crippen molar-refractivity contribution in [2.24, 2.45) is 4.40 Å². The van der Waals surface area contributed by atoms with Crippen molar-refractivity contribution in [3.05, 3.63) is 59.9 Å². The Morgan fingerprint density at radius 1 is 0.862 bits per heavy atom. The first-order valence-corrected chi connectivity index (χ1v) is 10.8. The molecule has 10 heteroatoms. The van der Waals surface area contributed by atoms with E-state index >= 15 is 0 Å². The third kappa shape index (κ3) is 3.15. The third-order valence-electron chi connectivity index (χ3n) is 5.11. The summed E-state index contributed by atoms with van der Waals surface area (Å²) in [6.07, 6.45) is 1.85. The predicted octanol–water partition coefficient (Wildman–Crippen LogP) is 1.24. The van der Waals surface area contributed by atoms with E-state index in [1.54, 1.807) is 16.8 Å². The molecule has 0 spiro atoms. The number of piperazine rings is 1. The second kappa shape index (κ2) is 6.66. The van der Waals surface area contributed by atoms with Crippen LogP contribution in [0.15, 0.2) is 58.0 Å². The van der Waals surface area contributed by atoms with E-state index in [0.717, 1.165) is 11.5 Å². The molecule has 5 rings (SSSR count). The molecule has 3 aromatic rings. The molecule has 148 valence electrons. The van der Waals surface area contributed by atoms with Gasteiger partial charge in [0.25, 0.3) is 10.0 Å². The Bertz CT molecular complexity index is 1190. The first-order chi connectivity index (χ1) is 14.0. The molecule has 9 nitrogen and oxygen atoms in total. The van der Waals surface area contributed by atoms with Crippen LogP contribution in [-0.2, 0) is 10.0 Å². The molecule has 0 saturated carbocycles. The molecule has 2 aliphatic heterocycles. The fourth-order valence-corrected chi connectivity index (χ4v) is 4.84. The molecular weight excluding hydrogens is 390 g/mol. The fraction of sp³-hybridized carbons (Fsp3) is 0.263. The SMILES string of the molecule is Cc1ccn(-c2ccc(N3CCN(C4=NS(=O)(=O)c5ccccc54)CC3)nn2)n1. The molecule has 4 heterocycles. The van der Waals surface area contributed by atoms with Crippen molar-refractivity contribution in [3.63, 3.8) is 0 Å². The highest BCUT2D eigenvalue weighted by Crippen LogP contribution is 2.28. The summed E-state index contributed by atoms with van der Waals surface area (Å²) >= 11 is 0. The van der Waals surface area contributed by atoms with Gasteiger partial charge in [0, 0.05) is 37.9 Å². The quantitative estimate of drug-likeness (QED) is 0.628. The Morgan fingerprint density at radius 3 is 2.24 bits per heavy atom. The highest BCUT2D eigenvalue weighted by molar-refractivity contribution is 7.90. The van der Waals surface area contributed by atoms with Gasteiger partial charge in [-0.25, -0.2) is 4.68 Å². The van der Waals surface area contributed by atoms with Gasteiger partial charge in [0.05, 0.1) is 5.69 Å². The summed E-state index contributed by atoms with van der Waals surface area (Å²) in [5, 5.41) is 13.0. The maximum Gasteiger partial charge on any atom is 0.285 e. The van der Waals surface area contributed by atoms with Gasteiger partial charge in [-0.1, -0.05) is 12.1 Å². The van der Waals surface area contributed by atoms with Crippen molar-refractivity contribution in [2.45, 2.75) is 11.8 Å². The minimum Gasteiger partial charge on any atom is -0.352 e. The number of aromatic nitrogens is 4. The van der Waals surface area contributed by atoms with Crippen molar-refractivity contribution in [1.29, 1.82) is 0 Å². The number of rotatable bonds is 2. The van der Waals surface area contributed by atoms with Crippen LogP contribution >= 0.6 is 0 Å². The summed E-state index contributed by atoms with van der Waals surface area (Å²) in [4.78, 5) is 4.44. The maximum atomic E-state index is 12.3. The van der Waals surface area contributed by atoms with E-state index in [1.165, 1.54) is 0 Å². The van der Waals surface area contributed by atoms with Crippen LogP contribution < -0.4 is 4.90 Å². The van der Waals surface area contributed by atoms with Crippen LogP contribution in [0.3, 0.4) is 0 Å². The summed E-state index contributed by atoms with van der Waals surface area (Å²) < 4.78 is 30.3. The Hall–Kier alpha value is -3.27. The zero-order chi connectivity index (χ0) is 20.0. The highest BCUT2D eigenvalue weighted by atomic mass is 32.2. The molecule has 1 aromatic carbocycles. The Kier molecular flexibility index (Phi) is 4.09. The van der Waals surface area contributed by atoms with Crippen molar-refractivity contribution >= 4 is 21.7 Å². The van der Waals surface area contributed by atoms with Crippen molar-refractivity contribution in [1.82, 2.24) is 24.9 Å². The third-order valence-corrected chi connectivity index (χ3v) is 6.43. The van der Waals surface area contributed by atoms with E-state index in [1.807, 2.05) is 48.4 Å². The summed E-state index contributed by atoms with van der Waals surface area (Å²) in [5.41, 5.74) is 1.60. The van der Waals surface area contributed by atoms with Gasteiger partial charge < -0.3 is 9.80 Å². The van der Waals surface area contributed by atoms with Gasteiger partial charge in [0.1, 0.15) is 4.90 Å². The number of fused-ring (bicyclic) bond motifs is 1. The van der Waals surface area contributed by atoms with Gasteiger partial charge in [-0.2, -0.15) is 13.5 Å². The van der Waals surface area contributed by atoms with Crippen LogP contribution in [0.1, 0.15) is 11.3 Å². The molecule has 2 aliphatic rings. The van der Waals surface area contributed by atoms with Gasteiger partial charge >= 0.3 is 0 Å². The van der Waals surface area contributed by atoms with Crippen molar-refractivity contribution in [3.8, 4) is 5.82 Å². The minimum atomic E-state index is -3.60. The molecule has 0 unspecified atom stereocenters. The van der Waals surface area contributed by atoms with Crippen molar-refractivity contribution in [2.75, 3.05) is 31.1 Å². The number of anilines is 1. The summed E-state index contributed by atoms with van der Waals surface area (Å²) in [6, 6.07) is 12.7. The average Bonchev–Trinajstić information content (AvgIpc) is 3.30. The van der Waals surface area contributed by atoms with Gasteiger partial charge in [-0.3, -0.25) is 0 Å². The molecule has 1 fully saturated rings. The smallest absolute Gasteiger partial charge is 0.285 e. The second-order valence-corrected chi connectivity index (χ2v) is 8.58. The van der Waals surface area contributed by atoms with Gasteiger partial charge in [0.2, 0.25) is 0 Å². The minimum absolute atomic E-state index is 0.285. The topological polar surface area (TPSA) is 96.6 Å². The molecule has 0 bridgehead atoms. The van der Waals surface area contributed by atoms with Gasteiger partial charge in [0.15, 0.2) is 17.5 Å². The van der Waals surface area contributed by atoms with Crippen LogP contribution in [-0.4, -0.2) is 65.3 Å². The van der Waals surface area contributed by atoms with E-state index in [0.29, 0.717) is 43.4 Å². The maximum absolute atomic E-state index is 12.3. The van der Waals surface area contributed by atoms with Crippen LogP contribution in [0.4, 0.5) is 5.82 Å². The Morgan fingerprint density at radius 2 is 1.55 bits per heavy atom. The van der Waals surface area contributed by atoms with E-state index < -0.39 is 10.0 Å². The van der Waals surface area contributed by atoms with Gasteiger partial charge in [-0.15, -0.1) is 14.6 Å². The lowest BCUT2D eigenvalue weighted by molar-refractivity contribution is 0.385. The molecule has 0 atom stereocenters. The summed E-state index contributed by atoms with van der Waals surface area (Å²) in [5.74, 6) is 2.00. The number of nitrogens with zero attached hydrogens (tertiary/aromatic N) is 7. The monoisotopic (exact) mass is 409 g/mol. The standard InChI is InChI=1S/C19H19N7O2S/c1-14-8-9-26(22-14)18-7-6-17(20-21-18)24-10-12-25(13-11-24)19-15-4-2-3-5-16(15)29(27,28)23-19/h2-9H,10-13H2,1H3. The normalized spacial score (nSPS) is 17.9. The number of benzene rings is 1. The summed E-state index contributed by atoms with van der Waals surface area (Å²) in [7, 11) is -3.60. The molecule has 1 saturated heterocycles. The van der Waals surface area contributed by atoms with E-state index in [4.69, 9.17) is 0 Å². The Labute approximate surface area is 168 Å². The highest BCUT2D eigenvalue weighted by Gasteiger charge is 2.33. The largest absolute Gasteiger partial charge is 0.352 e. The number of aryl methyl sites for hydroxylation is 1. The predicted molar refractivity (Wildman–Crippen MR) is 108 cm³/mol. The van der Waals surface area contributed by atoms with Crippen molar-refractivity contribution < 1.29 is 8.42 Å². The molecule has 0 amide bonds. The zero-order valence-corrected chi connectivity index (χ0v) is 16.6. The zero-order valence-electron chi connectivity index (χ0n) is 15.8. The molecule has 0 aliphatic carbocycles. The fourth-order valence-electron chi connectivity index (χ4n) is 3.62. The Balaban J connectivity index is 1.30. The number of hydrogen-bond acceptors (Lipinski definition) is 7. The lowest BCUT2D eigenvalue weighted by atomic mass is 10.1. The first-order valence-electron chi connectivity index (χ1n) is 9.32. The molecule has 29 heavy (non-hydrogen) atoms. The van der Waals surface area contributed by atoms with E-state index in [2.05, 4.69) is 24.6 Å². The second-order valence-electron chi connectivity index (χ2n) is 7.01. The van der Waals surface area contributed by atoms with Crippen LogP contribution in [0.5, 0.6) is 0 Å². The number of sulfonamides is 1. The number of hydrogen-bond donors (Lipinski definition) is 0. The lowest BCUT2D eigenvalue weighted by Crippen LogP contribution is -2.49. The molecular formula is C19H19N7O2S. The average molecular weight is 409 g/mol. The first kappa shape index (κ1) is 17.8.